The Labute approximate surface area is 127 Å². The van der Waals surface area contributed by atoms with Crippen LogP contribution in [0.2, 0.25) is 0 Å². The number of fused-ring (bicyclic) bond motifs is 1. The molecular weight excluding hydrogens is 276 g/mol. The second-order valence-corrected chi connectivity index (χ2v) is 6.43. The van der Waals surface area contributed by atoms with E-state index in [0.717, 1.165) is 16.5 Å². The van der Waals surface area contributed by atoms with Gasteiger partial charge in [-0.15, -0.1) is 0 Å². The minimum absolute atomic E-state index is 0.506. The zero-order chi connectivity index (χ0) is 14.7. The fraction of sp³-hybridized carbons (Fsp3) is 0.0526. The molecule has 1 atom stereocenters. The van der Waals surface area contributed by atoms with E-state index in [1.165, 1.54) is 5.39 Å². The van der Waals surface area contributed by atoms with Crippen LogP contribution in [0.25, 0.3) is 15.7 Å². The van der Waals surface area contributed by atoms with Gasteiger partial charge in [-0.2, -0.15) is 0 Å². The minimum atomic E-state index is -1.10. The molecule has 0 saturated heterocycles. The van der Waals surface area contributed by atoms with Gasteiger partial charge in [-0.05, 0) is 28.0 Å². The Morgan fingerprint density at radius 3 is 2.29 bits per heavy atom. The Balaban J connectivity index is 1.84. The van der Waals surface area contributed by atoms with Crippen LogP contribution in [0.15, 0.2) is 79.4 Å². The topological polar surface area (TPSA) is 17.1 Å². The highest BCUT2D eigenvalue weighted by Gasteiger charge is 2.09. The third kappa shape index (κ3) is 3.11. The molecule has 0 spiro atoms. The zero-order valence-corrected chi connectivity index (χ0v) is 12.5. The van der Waals surface area contributed by atoms with Gasteiger partial charge in [0, 0.05) is 4.91 Å². The molecule has 0 radical (unpaired) electrons. The van der Waals surface area contributed by atoms with E-state index in [2.05, 4.69) is 30.8 Å². The Morgan fingerprint density at radius 1 is 0.857 bits per heavy atom. The Kier molecular flexibility index (Phi) is 3.98. The van der Waals surface area contributed by atoms with Gasteiger partial charge in [0.25, 0.3) is 0 Å². The maximum absolute atomic E-state index is 12.5. The molecule has 1 nitrogen and oxygen atoms in total. The SMILES string of the molecule is C=C(c1ccc2ccccc2c1)[S@@](=O)Cc1ccccc1. The molecule has 0 heterocycles. The molecular formula is C19H16OS. The average molecular weight is 292 g/mol. The van der Waals surface area contributed by atoms with Crippen molar-refractivity contribution in [1.82, 2.24) is 0 Å². The molecule has 3 rings (SSSR count). The van der Waals surface area contributed by atoms with E-state index in [-0.39, 0.29) is 0 Å². The molecule has 3 aromatic rings. The lowest BCUT2D eigenvalue weighted by atomic mass is 10.1. The van der Waals surface area contributed by atoms with E-state index in [1.54, 1.807) is 0 Å². The van der Waals surface area contributed by atoms with Crippen LogP contribution in [0.4, 0.5) is 0 Å². The maximum atomic E-state index is 12.5. The molecule has 0 unspecified atom stereocenters. The van der Waals surface area contributed by atoms with Crippen LogP contribution >= 0.6 is 0 Å². The summed E-state index contributed by atoms with van der Waals surface area (Å²) in [5.74, 6) is 0.506. The molecule has 0 N–H and O–H groups in total. The number of benzene rings is 3. The highest BCUT2D eigenvalue weighted by atomic mass is 32.2. The van der Waals surface area contributed by atoms with E-state index in [4.69, 9.17) is 0 Å². The molecule has 0 bridgehead atoms. The second-order valence-electron chi connectivity index (χ2n) is 4.96. The van der Waals surface area contributed by atoms with Crippen LogP contribution in [0, 0.1) is 0 Å². The summed E-state index contributed by atoms with van der Waals surface area (Å²) in [6.45, 7) is 4.03. The summed E-state index contributed by atoms with van der Waals surface area (Å²) in [4.78, 5) is 0.685. The van der Waals surface area contributed by atoms with Gasteiger partial charge in [0.1, 0.15) is 0 Å². The molecule has 0 aromatic heterocycles. The van der Waals surface area contributed by atoms with E-state index in [0.29, 0.717) is 10.7 Å². The third-order valence-electron chi connectivity index (χ3n) is 3.49. The first-order valence-electron chi connectivity index (χ1n) is 6.84. The molecule has 0 aliphatic carbocycles. The number of hydrogen-bond donors (Lipinski definition) is 0. The lowest BCUT2D eigenvalue weighted by molar-refractivity contribution is 0.688. The monoisotopic (exact) mass is 292 g/mol. The number of hydrogen-bond acceptors (Lipinski definition) is 1. The lowest BCUT2D eigenvalue weighted by Crippen LogP contribution is -1.98. The smallest absolute Gasteiger partial charge is 0.0574 e. The molecule has 3 aromatic carbocycles. The van der Waals surface area contributed by atoms with Crippen molar-refractivity contribution in [3.05, 3.63) is 90.5 Å². The van der Waals surface area contributed by atoms with E-state index in [9.17, 15) is 4.21 Å². The van der Waals surface area contributed by atoms with E-state index >= 15 is 0 Å². The first-order valence-corrected chi connectivity index (χ1v) is 8.16. The van der Waals surface area contributed by atoms with Crippen LogP contribution in [0.3, 0.4) is 0 Å². The van der Waals surface area contributed by atoms with E-state index < -0.39 is 10.8 Å². The van der Waals surface area contributed by atoms with Crippen LogP contribution in [-0.4, -0.2) is 4.21 Å². The molecule has 0 fully saturated rings. The highest BCUT2D eigenvalue weighted by molar-refractivity contribution is 7.93. The predicted molar refractivity (Wildman–Crippen MR) is 91.3 cm³/mol. The van der Waals surface area contributed by atoms with E-state index in [1.807, 2.05) is 48.5 Å². The first kappa shape index (κ1) is 13.8. The van der Waals surface area contributed by atoms with Gasteiger partial charge in [-0.1, -0.05) is 73.3 Å². The van der Waals surface area contributed by atoms with Crippen molar-refractivity contribution in [3.63, 3.8) is 0 Å². The van der Waals surface area contributed by atoms with Gasteiger partial charge in [0.2, 0.25) is 0 Å². The Hall–Kier alpha value is -2.19. The van der Waals surface area contributed by atoms with Gasteiger partial charge in [0.15, 0.2) is 0 Å². The third-order valence-corrected chi connectivity index (χ3v) is 4.87. The molecule has 2 heteroatoms. The van der Waals surface area contributed by atoms with Gasteiger partial charge in [0.05, 0.1) is 16.6 Å². The van der Waals surface area contributed by atoms with Crippen molar-refractivity contribution < 1.29 is 4.21 Å². The zero-order valence-electron chi connectivity index (χ0n) is 11.7. The molecule has 0 aliphatic heterocycles. The summed E-state index contributed by atoms with van der Waals surface area (Å²) in [6.07, 6.45) is 0. The predicted octanol–water partition coefficient (Wildman–Crippen LogP) is 4.76. The highest BCUT2D eigenvalue weighted by Crippen LogP contribution is 2.23. The summed E-state index contributed by atoms with van der Waals surface area (Å²) < 4.78 is 12.5. The Morgan fingerprint density at radius 2 is 1.52 bits per heavy atom. The first-order chi connectivity index (χ1) is 10.2. The van der Waals surface area contributed by atoms with Crippen LogP contribution in [0.1, 0.15) is 11.1 Å². The van der Waals surface area contributed by atoms with Gasteiger partial charge in [-0.25, -0.2) is 0 Å². The minimum Gasteiger partial charge on any atom is -0.254 e. The molecule has 0 saturated carbocycles. The summed E-state index contributed by atoms with van der Waals surface area (Å²) in [5.41, 5.74) is 2.01. The van der Waals surface area contributed by atoms with Crippen LogP contribution < -0.4 is 0 Å². The summed E-state index contributed by atoms with van der Waals surface area (Å²) >= 11 is 0. The second kappa shape index (κ2) is 6.06. The van der Waals surface area contributed by atoms with Crippen LogP contribution in [0.5, 0.6) is 0 Å². The Bertz CT molecular complexity index is 806. The fourth-order valence-electron chi connectivity index (χ4n) is 2.31. The fourth-order valence-corrected chi connectivity index (χ4v) is 3.37. The summed E-state index contributed by atoms with van der Waals surface area (Å²) in [6, 6.07) is 24.1. The van der Waals surface area contributed by atoms with Crippen molar-refractivity contribution in [2.24, 2.45) is 0 Å². The van der Waals surface area contributed by atoms with Crippen molar-refractivity contribution in [2.75, 3.05) is 0 Å². The van der Waals surface area contributed by atoms with Gasteiger partial charge in [-0.3, -0.25) is 4.21 Å². The molecule has 0 amide bonds. The molecule has 104 valence electrons. The van der Waals surface area contributed by atoms with Crippen LogP contribution in [-0.2, 0) is 16.6 Å². The molecule has 21 heavy (non-hydrogen) atoms. The van der Waals surface area contributed by atoms with Gasteiger partial charge < -0.3 is 0 Å². The summed E-state index contributed by atoms with van der Waals surface area (Å²) in [7, 11) is -1.10. The molecule has 0 aliphatic rings. The average Bonchev–Trinajstić information content (AvgIpc) is 2.54. The maximum Gasteiger partial charge on any atom is 0.0574 e. The van der Waals surface area contributed by atoms with Crippen molar-refractivity contribution >= 4 is 26.5 Å². The quantitative estimate of drug-likeness (QED) is 0.677. The van der Waals surface area contributed by atoms with Crippen molar-refractivity contribution in [2.45, 2.75) is 5.75 Å². The van der Waals surface area contributed by atoms with Gasteiger partial charge >= 0.3 is 0 Å². The van der Waals surface area contributed by atoms with Crippen molar-refractivity contribution in [1.29, 1.82) is 0 Å². The standard InChI is InChI=1S/C19H16OS/c1-15(21(20)14-16-7-3-2-4-8-16)18-12-11-17-9-5-6-10-19(17)13-18/h2-13H,1,14H2/t21-/m0/s1. The normalized spacial score (nSPS) is 12.2. The lowest BCUT2D eigenvalue weighted by Gasteiger charge is -2.08. The summed E-state index contributed by atoms with van der Waals surface area (Å²) in [5, 5.41) is 2.33. The van der Waals surface area contributed by atoms with Crippen molar-refractivity contribution in [3.8, 4) is 0 Å². The largest absolute Gasteiger partial charge is 0.254 e. The number of rotatable bonds is 4.